The number of aromatic nitrogens is 2. The van der Waals surface area contributed by atoms with E-state index in [1.807, 2.05) is 22.7 Å². The molecule has 0 saturated carbocycles. The van der Waals surface area contributed by atoms with Crippen molar-refractivity contribution in [3.05, 3.63) is 30.2 Å². The molecule has 0 aromatic carbocycles. The Kier molecular flexibility index (Phi) is 1.89. The molecular formula is C11H14N4. The minimum absolute atomic E-state index is 0.422. The lowest BCUT2D eigenvalue weighted by molar-refractivity contribution is 0.632. The lowest BCUT2D eigenvalue weighted by Crippen LogP contribution is -2.12. The van der Waals surface area contributed by atoms with Crippen molar-refractivity contribution in [3.63, 3.8) is 0 Å². The second-order valence-electron chi connectivity index (χ2n) is 4.04. The number of rotatable bonds is 1. The zero-order chi connectivity index (χ0) is 10.3. The summed E-state index contributed by atoms with van der Waals surface area (Å²) in [6.07, 6.45) is 6.45. The van der Waals surface area contributed by atoms with Crippen molar-refractivity contribution in [1.82, 2.24) is 14.7 Å². The first-order valence-electron chi connectivity index (χ1n) is 5.30. The fraction of sp³-hybridized carbons (Fsp3) is 0.364. The molecule has 1 saturated heterocycles. The van der Waals surface area contributed by atoms with Crippen LogP contribution in [0.3, 0.4) is 0 Å². The minimum Gasteiger partial charge on any atom is -0.399 e. The van der Waals surface area contributed by atoms with Gasteiger partial charge in [-0.1, -0.05) is 0 Å². The number of pyridine rings is 1. The van der Waals surface area contributed by atoms with Crippen molar-refractivity contribution < 1.29 is 0 Å². The molecule has 0 amide bonds. The van der Waals surface area contributed by atoms with Crippen LogP contribution in [-0.4, -0.2) is 15.9 Å². The number of nitrogen functional groups attached to an aromatic ring is 1. The number of hydrogen-bond acceptors (Lipinski definition) is 3. The highest BCUT2D eigenvalue weighted by Gasteiger charge is 2.18. The maximum absolute atomic E-state index is 5.72. The van der Waals surface area contributed by atoms with Crippen LogP contribution >= 0.6 is 0 Å². The summed E-state index contributed by atoms with van der Waals surface area (Å²) in [5.74, 6) is 0. The Morgan fingerprint density at radius 1 is 1.53 bits per heavy atom. The van der Waals surface area contributed by atoms with E-state index in [0.717, 1.165) is 23.6 Å². The highest BCUT2D eigenvalue weighted by Crippen LogP contribution is 2.22. The lowest BCUT2D eigenvalue weighted by atomic mass is 10.2. The SMILES string of the molecule is Nc1ccn2cc(C3CCCN3)nc2c1. The third-order valence-electron chi connectivity index (χ3n) is 2.92. The van der Waals surface area contributed by atoms with Gasteiger partial charge in [0.1, 0.15) is 5.65 Å². The maximum atomic E-state index is 5.72. The van der Waals surface area contributed by atoms with Gasteiger partial charge < -0.3 is 15.5 Å². The van der Waals surface area contributed by atoms with E-state index in [9.17, 15) is 0 Å². The predicted molar refractivity (Wildman–Crippen MR) is 59.6 cm³/mol. The lowest BCUT2D eigenvalue weighted by Gasteiger charge is -2.04. The number of nitrogens with one attached hydrogen (secondary N) is 1. The van der Waals surface area contributed by atoms with Gasteiger partial charge in [0.2, 0.25) is 0 Å². The second kappa shape index (κ2) is 3.24. The van der Waals surface area contributed by atoms with Gasteiger partial charge in [-0.05, 0) is 25.5 Å². The highest BCUT2D eigenvalue weighted by atomic mass is 15.0. The van der Waals surface area contributed by atoms with Crippen molar-refractivity contribution in [1.29, 1.82) is 0 Å². The first-order valence-corrected chi connectivity index (χ1v) is 5.30. The molecule has 0 radical (unpaired) electrons. The van der Waals surface area contributed by atoms with Crippen molar-refractivity contribution >= 4 is 11.3 Å². The molecule has 0 aliphatic carbocycles. The number of nitrogens with two attached hydrogens (primary N) is 1. The zero-order valence-electron chi connectivity index (χ0n) is 8.48. The van der Waals surface area contributed by atoms with E-state index >= 15 is 0 Å². The van der Waals surface area contributed by atoms with E-state index in [4.69, 9.17) is 5.73 Å². The molecule has 1 aliphatic rings. The summed E-state index contributed by atoms with van der Waals surface area (Å²) in [6, 6.07) is 4.21. The van der Waals surface area contributed by atoms with Gasteiger partial charge in [0.05, 0.1) is 11.7 Å². The molecule has 15 heavy (non-hydrogen) atoms. The summed E-state index contributed by atoms with van der Waals surface area (Å²) in [4.78, 5) is 4.58. The Morgan fingerprint density at radius 3 is 3.27 bits per heavy atom. The molecule has 2 aromatic rings. The van der Waals surface area contributed by atoms with E-state index in [2.05, 4.69) is 16.5 Å². The van der Waals surface area contributed by atoms with E-state index in [0.29, 0.717) is 6.04 Å². The van der Waals surface area contributed by atoms with E-state index in [-0.39, 0.29) is 0 Å². The van der Waals surface area contributed by atoms with Crippen molar-refractivity contribution in [2.75, 3.05) is 12.3 Å². The molecule has 3 rings (SSSR count). The number of imidazole rings is 1. The van der Waals surface area contributed by atoms with E-state index in [1.54, 1.807) is 0 Å². The fourth-order valence-electron chi connectivity index (χ4n) is 2.12. The molecule has 4 heteroatoms. The molecule has 1 unspecified atom stereocenters. The van der Waals surface area contributed by atoms with Crippen molar-refractivity contribution in [3.8, 4) is 0 Å². The van der Waals surface area contributed by atoms with Crippen LogP contribution in [0.1, 0.15) is 24.6 Å². The van der Waals surface area contributed by atoms with Gasteiger partial charge in [-0.15, -0.1) is 0 Å². The summed E-state index contributed by atoms with van der Waals surface area (Å²) in [5.41, 5.74) is 8.53. The van der Waals surface area contributed by atoms with Crippen LogP contribution in [0.25, 0.3) is 5.65 Å². The van der Waals surface area contributed by atoms with Crippen molar-refractivity contribution in [2.45, 2.75) is 18.9 Å². The molecule has 0 bridgehead atoms. The van der Waals surface area contributed by atoms with E-state index < -0.39 is 0 Å². The molecule has 3 heterocycles. The number of fused-ring (bicyclic) bond motifs is 1. The summed E-state index contributed by atoms with van der Waals surface area (Å²) >= 11 is 0. The summed E-state index contributed by atoms with van der Waals surface area (Å²) < 4.78 is 2.02. The maximum Gasteiger partial charge on any atom is 0.139 e. The van der Waals surface area contributed by atoms with Crippen LogP contribution in [0.5, 0.6) is 0 Å². The molecule has 1 aliphatic heterocycles. The van der Waals surface area contributed by atoms with Gasteiger partial charge in [-0.25, -0.2) is 4.98 Å². The monoisotopic (exact) mass is 202 g/mol. The van der Waals surface area contributed by atoms with Gasteiger partial charge >= 0.3 is 0 Å². The number of anilines is 1. The van der Waals surface area contributed by atoms with Crippen LogP contribution in [0.4, 0.5) is 5.69 Å². The van der Waals surface area contributed by atoms with Gasteiger partial charge in [0.15, 0.2) is 0 Å². The molecule has 0 spiro atoms. The largest absolute Gasteiger partial charge is 0.399 e. The third kappa shape index (κ3) is 1.47. The van der Waals surface area contributed by atoms with E-state index in [1.165, 1.54) is 12.8 Å². The molecule has 78 valence electrons. The smallest absolute Gasteiger partial charge is 0.139 e. The Hall–Kier alpha value is -1.55. The first kappa shape index (κ1) is 8.73. The fourth-order valence-corrected chi connectivity index (χ4v) is 2.12. The standard InChI is InChI=1S/C11H14N4/c12-8-3-5-15-7-10(14-11(15)6-8)9-2-1-4-13-9/h3,5-7,9,13H,1-2,4,12H2. The molecule has 2 aromatic heterocycles. The number of hydrogen-bond donors (Lipinski definition) is 2. The first-order chi connectivity index (χ1) is 7.33. The Bertz CT molecular complexity index is 482. The Balaban J connectivity index is 2.05. The topological polar surface area (TPSA) is 55.4 Å². The van der Waals surface area contributed by atoms with Crippen LogP contribution < -0.4 is 11.1 Å². The van der Waals surface area contributed by atoms with Gasteiger partial charge in [0, 0.05) is 24.1 Å². The molecule has 4 nitrogen and oxygen atoms in total. The van der Waals surface area contributed by atoms with Crippen LogP contribution in [0.15, 0.2) is 24.5 Å². The Morgan fingerprint density at radius 2 is 2.47 bits per heavy atom. The summed E-state index contributed by atoms with van der Waals surface area (Å²) in [5, 5.41) is 3.44. The van der Waals surface area contributed by atoms with Crippen LogP contribution in [0.2, 0.25) is 0 Å². The molecule has 1 atom stereocenters. The molecular weight excluding hydrogens is 188 g/mol. The summed E-state index contributed by atoms with van der Waals surface area (Å²) in [7, 11) is 0. The van der Waals surface area contributed by atoms with Gasteiger partial charge in [0.25, 0.3) is 0 Å². The van der Waals surface area contributed by atoms with Gasteiger partial charge in [-0.2, -0.15) is 0 Å². The summed E-state index contributed by atoms with van der Waals surface area (Å²) in [6.45, 7) is 1.10. The average Bonchev–Trinajstić information content (AvgIpc) is 2.84. The third-order valence-corrected chi connectivity index (χ3v) is 2.92. The van der Waals surface area contributed by atoms with Crippen LogP contribution in [-0.2, 0) is 0 Å². The van der Waals surface area contributed by atoms with Crippen molar-refractivity contribution in [2.24, 2.45) is 0 Å². The molecule has 3 N–H and O–H groups in total. The molecule has 1 fully saturated rings. The normalized spacial score (nSPS) is 21.2. The highest BCUT2D eigenvalue weighted by molar-refractivity contribution is 5.52. The van der Waals surface area contributed by atoms with Crippen LogP contribution in [0, 0.1) is 0 Å². The minimum atomic E-state index is 0.422. The zero-order valence-corrected chi connectivity index (χ0v) is 8.48. The van der Waals surface area contributed by atoms with Gasteiger partial charge in [-0.3, -0.25) is 0 Å². The average molecular weight is 202 g/mol. The second-order valence-corrected chi connectivity index (χ2v) is 4.04. The number of nitrogens with zero attached hydrogens (tertiary/aromatic N) is 2. The predicted octanol–water partition coefficient (Wildman–Crippen LogP) is 1.34. The quantitative estimate of drug-likeness (QED) is 0.733. The Labute approximate surface area is 88.1 Å².